The molecule has 0 unspecified atom stereocenters. The number of piperidine rings is 1. The SMILES string of the molecule is CC1(C#N)CCN(C(=O)c2ccccc2I)CC1. The van der Waals surface area contributed by atoms with Crippen LogP contribution in [0.2, 0.25) is 0 Å². The minimum absolute atomic E-state index is 0.0833. The summed E-state index contributed by atoms with van der Waals surface area (Å²) in [6, 6.07) is 9.98. The van der Waals surface area contributed by atoms with E-state index in [4.69, 9.17) is 5.26 Å². The van der Waals surface area contributed by atoms with E-state index in [0.717, 1.165) is 22.0 Å². The Balaban J connectivity index is 2.10. The van der Waals surface area contributed by atoms with Gasteiger partial charge in [0.15, 0.2) is 0 Å². The molecular weight excluding hydrogens is 339 g/mol. The maximum atomic E-state index is 12.4. The molecule has 1 aliphatic rings. The van der Waals surface area contributed by atoms with Crippen molar-refractivity contribution >= 4 is 28.5 Å². The van der Waals surface area contributed by atoms with Crippen molar-refractivity contribution in [2.24, 2.45) is 5.41 Å². The van der Waals surface area contributed by atoms with Crippen LogP contribution in [0.25, 0.3) is 0 Å². The van der Waals surface area contributed by atoms with Crippen molar-refractivity contribution in [3.05, 3.63) is 33.4 Å². The van der Waals surface area contributed by atoms with Crippen molar-refractivity contribution in [2.45, 2.75) is 19.8 Å². The van der Waals surface area contributed by atoms with Crippen molar-refractivity contribution in [3.8, 4) is 6.07 Å². The average molecular weight is 354 g/mol. The summed E-state index contributed by atoms with van der Waals surface area (Å²) in [5, 5.41) is 9.08. The molecule has 0 aliphatic carbocycles. The van der Waals surface area contributed by atoms with Crippen LogP contribution in [-0.4, -0.2) is 23.9 Å². The van der Waals surface area contributed by atoms with E-state index in [1.54, 1.807) is 0 Å². The number of amides is 1. The van der Waals surface area contributed by atoms with Gasteiger partial charge < -0.3 is 4.90 Å². The Kier molecular flexibility index (Phi) is 3.91. The Labute approximate surface area is 121 Å². The largest absolute Gasteiger partial charge is 0.339 e. The molecule has 1 fully saturated rings. The summed E-state index contributed by atoms with van der Waals surface area (Å²) in [6.45, 7) is 3.32. The second-order valence-corrected chi connectivity index (χ2v) is 6.11. The fourth-order valence-electron chi connectivity index (χ4n) is 2.12. The van der Waals surface area contributed by atoms with Gasteiger partial charge in [0.25, 0.3) is 5.91 Å². The molecule has 0 N–H and O–H groups in total. The van der Waals surface area contributed by atoms with E-state index in [2.05, 4.69) is 28.7 Å². The summed E-state index contributed by atoms with van der Waals surface area (Å²) in [5.41, 5.74) is 0.499. The number of rotatable bonds is 1. The standard InChI is InChI=1S/C14H15IN2O/c1-14(10-16)6-8-17(9-7-14)13(18)11-4-2-3-5-12(11)15/h2-5H,6-9H2,1H3. The minimum Gasteiger partial charge on any atom is -0.339 e. The lowest BCUT2D eigenvalue weighted by molar-refractivity contribution is 0.0660. The van der Waals surface area contributed by atoms with Gasteiger partial charge in [0, 0.05) is 16.7 Å². The third kappa shape index (κ3) is 2.66. The highest BCUT2D eigenvalue weighted by Crippen LogP contribution is 2.30. The lowest BCUT2D eigenvalue weighted by atomic mass is 9.82. The van der Waals surface area contributed by atoms with Gasteiger partial charge in [-0.25, -0.2) is 0 Å². The molecule has 0 aromatic heterocycles. The van der Waals surface area contributed by atoms with Gasteiger partial charge in [-0.05, 0) is 54.5 Å². The van der Waals surface area contributed by atoms with Crippen molar-refractivity contribution < 1.29 is 4.79 Å². The van der Waals surface area contributed by atoms with Crippen LogP contribution in [-0.2, 0) is 0 Å². The molecule has 4 heteroatoms. The zero-order valence-electron chi connectivity index (χ0n) is 10.3. The molecule has 1 saturated heterocycles. The Hall–Kier alpha value is -1.09. The zero-order chi connectivity index (χ0) is 13.2. The molecule has 1 aliphatic heterocycles. The molecule has 2 rings (SSSR count). The fraction of sp³-hybridized carbons (Fsp3) is 0.429. The smallest absolute Gasteiger partial charge is 0.254 e. The van der Waals surface area contributed by atoms with E-state index in [1.165, 1.54) is 0 Å². The third-order valence-corrected chi connectivity index (χ3v) is 4.47. The molecule has 1 aromatic rings. The molecule has 94 valence electrons. The number of nitrogens with zero attached hydrogens (tertiary/aromatic N) is 2. The Morgan fingerprint density at radius 1 is 1.39 bits per heavy atom. The molecule has 3 nitrogen and oxygen atoms in total. The van der Waals surface area contributed by atoms with Crippen LogP contribution < -0.4 is 0 Å². The summed E-state index contributed by atoms with van der Waals surface area (Å²) in [6.07, 6.45) is 1.53. The van der Waals surface area contributed by atoms with Crippen LogP contribution in [0.4, 0.5) is 0 Å². The molecule has 0 saturated carbocycles. The van der Waals surface area contributed by atoms with Gasteiger partial charge in [-0.15, -0.1) is 0 Å². The number of carbonyl (C=O) groups excluding carboxylic acids is 1. The van der Waals surface area contributed by atoms with Gasteiger partial charge in [-0.2, -0.15) is 5.26 Å². The highest BCUT2D eigenvalue weighted by atomic mass is 127. The van der Waals surface area contributed by atoms with Crippen LogP contribution >= 0.6 is 22.6 Å². The highest BCUT2D eigenvalue weighted by Gasteiger charge is 2.32. The molecule has 0 bridgehead atoms. The number of carbonyl (C=O) groups is 1. The van der Waals surface area contributed by atoms with Gasteiger partial charge in [0.2, 0.25) is 0 Å². The van der Waals surface area contributed by atoms with Crippen LogP contribution in [0.3, 0.4) is 0 Å². The van der Waals surface area contributed by atoms with Crippen molar-refractivity contribution in [2.75, 3.05) is 13.1 Å². The summed E-state index contributed by atoms with van der Waals surface area (Å²) in [7, 11) is 0. The van der Waals surface area contributed by atoms with Gasteiger partial charge >= 0.3 is 0 Å². The zero-order valence-corrected chi connectivity index (χ0v) is 12.5. The first-order valence-corrected chi connectivity index (χ1v) is 7.09. The molecule has 1 heterocycles. The van der Waals surface area contributed by atoms with Crippen molar-refractivity contribution in [1.29, 1.82) is 5.26 Å². The molecule has 1 aromatic carbocycles. The second-order valence-electron chi connectivity index (χ2n) is 4.94. The predicted molar refractivity (Wildman–Crippen MR) is 78.0 cm³/mol. The minimum atomic E-state index is -0.263. The molecule has 1 amide bonds. The van der Waals surface area contributed by atoms with E-state index >= 15 is 0 Å². The summed E-state index contributed by atoms with van der Waals surface area (Å²) < 4.78 is 0.980. The number of halogens is 1. The van der Waals surface area contributed by atoms with Gasteiger partial charge in [-0.3, -0.25) is 4.79 Å². The van der Waals surface area contributed by atoms with Gasteiger partial charge in [-0.1, -0.05) is 12.1 Å². The first-order valence-electron chi connectivity index (χ1n) is 6.01. The van der Waals surface area contributed by atoms with E-state index in [9.17, 15) is 4.79 Å². The van der Waals surface area contributed by atoms with Crippen LogP contribution in [0, 0.1) is 20.3 Å². The molecular formula is C14H15IN2O. The fourth-order valence-corrected chi connectivity index (χ4v) is 2.74. The quantitative estimate of drug-likeness (QED) is 0.728. The molecule has 0 spiro atoms. The highest BCUT2D eigenvalue weighted by molar-refractivity contribution is 14.1. The third-order valence-electron chi connectivity index (χ3n) is 3.53. The number of benzene rings is 1. The molecule has 0 radical (unpaired) electrons. The first kappa shape index (κ1) is 13.3. The van der Waals surface area contributed by atoms with Gasteiger partial charge in [0.05, 0.1) is 17.0 Å². The summed E-state index contributed by atoms with van der Waals surface area (Å²) >= 11 is 2.19. The topological polar surface area (TPSA) is 44.1 Å². The summed E-state index contributed by atoms with van der Waals surface area (Å²) in [5.74, 6) is 0.0833. The Morgan fingerprint density at radius 2 is 2.00 bits per heavy atom. The number of nitriles is 1. The predicted octanol–water partition coefficient (Wildman–Crippen LogP) is 3.06. The van der Waals surface area contributed by atoms with Gasteiger partial charge in [0.1, 0.15) is 0 Å². The lowest BCUT2D eigenvalue weighted by Crippen LogP contribution is -2.41. The first-order chi connectivity index (χ1) is 8.56. The van der Waals surface area contributed by atoms with Crippen molar-refractivity contribution in [3.63, 3.8) is 0 Å². The number of hydrogen-bond donors (Lipinski definition) is 0. The van der Waals surface area contributed by atoms with Crippen LogP contribution in [0.5, 0.6) is 0 Å². The van der Waals surface area contributed by atoms with Crippen LogP contribution in [0.15, 0.2) is 24.3 Å². The van der Waals surface area contributed by atoms with E-state index in [-0.39, 0.29) is 11.3 Å². The normalized spacial score (nSPS) is 18.2. The lowest BCUT2D eigenvalue weighted by Gasteiger charge is -2.35. The van der Waals surface area contributed by atoms with Crippen molar-refractivity contribution in [1.82, 2.24) is 4.90 Å². The van der Waals surface area contributed by atoms with E-state index in [0.29, 0.717) is 13.1 Å². The molecule has 0 atom stereocenters. The monoisotopic (exact) mass is 354 g/mol. The van der Waals surface area contributed by atoms with E-state index < -0.39 is 0 Å². The average Bonchev–Trinajstić information content (AvgIpc) is 2.39. The maximum Gasteiger partial charge on any atom is 0.254 e. The molecule has 18 heavy (non-hydrogen) atoms. The van der Waals surface area contributed by atoms with E-state index in [1.807, 2.05) is 36.1 Å². The Bertz CT molecular complexity index is 499. The summed E-state index contributed by atoms with van der Waals surface area (Å²) in [4.78, 5) is 14.2. The van der Waals surface area contributed by atoms with Crippen LogP contribution in [0.1, 0.15) is 30.1 Å². The second kappa shape index (κ2) is 5.27. The number of hydrogen-bond acceptors (Lipinski definition) is 2. The maximum absolute atomic E-state index is 12.4. The number of likely N-dealkylation sites (tertiary alicyclic amines) is 1. The Morgan fingerprint density at radius 3 is 2.56 bits per heavy atom.